The lowest BCUT2D eigenvalue weighted by molar-refractivity contribution is 1.33. The Kier molecular flexibility index (Phi) is 2.62. The SMILES string of the molecule is [CH2]C#Cc1cc(-c2ccccn2)cs1. The van der Waals surface area contributed by atoms with Gasteiger partial charge in [0, 0.05) is 24.1 Å². The first-order valence-electron chi connectivity index (χ1n) is 4.18. The summed E-state index contributed by atoms with van der Waals surface area (Å²) in [7, 11) is 0. The van der Waals surface area contributed by atoms with Crippen LogP contribution in [-0.2, 0) is 0 Å². The molecule has 0 aliphatic carbocycles. The molecular weight excluding hydrogens is 190 g/mol. The first-order valence-corrected chi connectivity index (χ1v) is 5.06. The lowest BCUT2D eigenvalue weighted by atomic mass is 10.2. The summed E-state index contributed by atoms with van der Waals surface area (Å²) in [6.45, 7) is 3.49. The minimum Gasteiger partial charge on any atom is -0.256 e. The van der Waals surface area contributed by atoms with Crippen molar-refractivity contribution in [3.8, 4) is 23.1 Å². The van der Waals surface area contributed by atoms with E-state index >= 15 is 0 Å². The summed E-state index contributed by atoms with van der Waals surface area (Å²) < 4.78 is 0. The van der Waals surface area contributed by atoms with Crippen molar-refractivity contribution in [2.75, 3.05) is 0 Å². The van der Waals surface area contributed by atoms with Gasteiger partial charge in [-0.05, 0) is 18.2 Å². The summed E-state index contributed by atoms with van der Waals surface area (Å²) in [6.07, 6.45) is 1.79. The van der Waals surface area contributed by atoms with E-state index in [-0.39, 0.29) is 0 Å². The molecule has 2 rings (SSSR count). The van der Waals surface area contributed by atoms with Crippen LogP contribution in [0.25, 0.3) is 11.3 Å². The van der Waals surface area contributed by atoms with Crippen LogP contribution in [0, 0.1) is 18.8 Å². The van der Waals surface area contributed by atoms with Gasteiger partial charge >= 0.3 is 0 Å². The summed E-state index contributed by atoms with van der Waals surface area (Å²) in [5.74, 6) is 5.57. The number of pyridine rings is 1. The quantitative estimate of drug-likeness (QED) is 0.642. The molecule has 67 valence electrons. The van der Waals surface area contributed by atoms with Gasteiger partial charge in [0.05, 0.1) is 10.6 Å². The third-order valence-electron chi connectivity index (χ3n) is 1.77. The van der Waals surface area contributed by atoms with Crippen LogP contribution in [-0.4, -0.2) is 4.98 Å². The van der Waals surface area contributed by atoms with E-state index in [0.717, 1.165) is 16.1 Å². The molecule has 0 aromatic carbocycles. The van der Waals surface area contributed by atoms with Crippen LogP contribution in [0.15, 0.2) is 35.8 Å². The van der Waals surface area contributed by atoms with Gasteiger partial charge < -0.3 is 0 Å². The zero-order valence-electron chi connectivity index (χ0n) is 7.53. The molecular formula is C12H8NS. The van der Waals surface area contributed by atoms with E-state index in [0.29, 0.717) is 0 Å². The fraction of sp³-hybridized carbons (Fsp3) is 0. The van der Waals surface area contributed by atoms with E-state index in [2.05, 4.69) is 29.1 Å². The number of hydrogen-bond donors (Lipinski definition) is 0. The van der Waals surface area contributed by atoms with E-state index in [1.807, 2.05) is 24.3 Å². The molecule has 2 heteroatoms. The molecule has 0 spiro atoms. The van der Waals surface area contributed by atoms with Gasteiger partial charge in [-0.3, -0.25) is 4.98 Å². The highest BCUT2D eigenvalue weighted by atomic mass is 32.1. The predicted octanol–water partition coefficient (Wildman–Crippen LogP) is 3.00. The Hall–Kier alpha value is -1.59. The maximum absolute atomic E-state index is 4.27. The topological polar surface area (TPSA) is 12.9 Å². The molecule has 2 aromatic rings. The van der Waals surface area contributed by atoms with Gasteiger partial charge in [0.2, 0.25) is 0 Å². The average molecular weight is 198 g/mol. The number of aromatic nitrogens is 1. The van der Waals surface area contributed by atoms with Crippen molar-refractivity contribution >= 4 is 11.3 Å². The smallest absolute Gasteiger partial charge is 0.0775 e. The number of rotatable bonds is 1. The van der Waals surface area contributed by atoms with E-state index in [1.54, 1.807) is 17.5 Å². The van der Waals surface area contributed by atoms with Gasteiger partial charge in [-0.15, -0.1) is 11.3 Å². The van der Waals surface area contributed by atoms with Crippen molar-refractivity contribution in [3.63, 3.8) is 0 Å². The molecule has 0 bridgehead atoms. The minimum absolute atomic E-state index is 0.987. The third-order valence-corrected chi connectivity index (χ3v) is 2.62. The molecule has 0 N–H and O–H groups in total. The Labute approximate surface area is 87.4 Å². The first kappa shape index (κ1) is 8.98. The van der Waals surface area contributed by atoms with E-state index in [4.69, 9.17) is 0 Å². The lowest BCUT2D eigenvalue weighted by Gasteiger charge is -1.92. The van der Waals surface area contributed by atoms with Gasteiger partial charge in [-0.25, -0.2) is 0 Å². The number of nitrogens with zero attached hydrogens (tertiary/aromatic N) is 1. The molecule has 0 fully saturated rings. The third kappa shape index (κ3) is 1.84. The van der Waals surface area contributed by atoms with Gasteiger partial charge in [0.1, 0.15) is 0 Å². The monoisotopic (exact) mass is 198 g/mol. The van der Waals surface area contributed by atoms with Crippen LogP contribution in [0.2, 0.25) is 0 Å². The van der Waals surface area contributed by atoms with Crippen molar-refractivity contribution in [1.29, 1.82) is 0 Å². The lowest BCUT2D eigenvalue weighted by Crippen LogP contribution is -1.77. The Balaban J connectivity index is 2.37. The molecule has 0 unspecified atom stereocenters. The zero-order valence-corrected chi connectivity index (χ0v) is 8.34. The maximum atomic E-state index is 4.27. The maximum Gasteiger partial charge on any atom is 0.0775 e. The molecule has 0 saturated heterocycles. The highest BCUT2D eigenvalue weighted by Crippen LogP contribution is 2.22. The molecule has 1 nitrogen and oxygen atoms in total. The average Bonchev–Trinajstić information content (AvgIpc) is 2.68. The largest absolute Gasteiger partial charge is 0.256 e. The normalized spacial score (nSPS) is 9.21. The van der Waals surface area contributed by atoms with Crippen LogP contribution >= 0.6 is 11.3 Å². The molecule has 0 aliphatic heterocycles. The minimum atomic E-state index is 0.987. The van der Waals surface area contributed by atoms with Gasteiger partial charge in [0.25, 0.3) is 0 Å². The summed E-state index contributed by atoms with van der Waals surface area (Å²) in [5, 5.41) is 2.06. The molecule has 0 aliphatic rings. The van der Waals surface area contributed by atoms with Crippen molar-refractivity contribution < 1.29 is 0 Å². The van der Waals surface area contributed by atoms with Crippen molar-refractivity contribution in [2.45, 2.75) is 0 Å². The van der Waals surface area contributed by atoms with E-state index in [9.17, 15) is 0 Å². The molecule has 0 saturated carbocycles. The second kappa shape index (κ2) is 4.08. The predicted molar refractivity (Wildman–Crippen MR) is 59.8 cm³/mol. The van der Waals surface area contributed by atoms with Gasteiger partial charge in [-0.2, -0.15) is 0 Å². The van der Waals surface area contributed by atoms with Crippen LogP contribution in [0.3, 0.4) is 0 Å². The Morgan fingerprint density at radius 3 is 3.00 bits per heavy atom. The van der Waals surface area contributed by atoms with Crippen LogP contribution < -0.4 is 0 Å². The molecule has 2 heterocycles. The Morgan fingerprint density at radius 2 is 2.29 bits per heavy atom. The second-order valence-corrected chi connectivity index (χ2v) is 3.63. The highest BCUT2D eigenvalue weighted by Gasteiger charge is 2.00. The molecule has 0 atom stereocenters. The van der Waals surface area contributed by atoms with E-state index in [1.165, 1.54) is 0 Å². The fourth-order valence-corrected chi connectivity index (χ4v) is 1.93. The van der Waals surface area contributed by atoms with Crippen LogP contribution in [0.4, 0.5) is 0 Å². The Bertz CT molecular complexity index is 474. The van der Waals surface area contributed by atoms with E-state index < -0.39 is 0 Å². The summed E-state index contributed by atoms with van der Waals surface area (Å²) in [6, 6.07) is 7.91. The molecule has 14 heavy (non-hydrogen) atoms. The highest BCUT2D eigenvalue weighted by molar-refractivity contribution is 7.11. The van der Waals surface area contributed by atoms with Crippen molar-refractivity contribution in [1.82, 2.24) is 4.98 Å². The first-order chi connectivity index (χ1) is 6.90. The Morgan fingerprint density at radius 1 is 1.36 bits per heavy atom. The molecule has 1 radical (unpaired) electrons. The van der Waals surface area contributed by atoms with Gasteiger partial charge in [-0.1, -0.05) is 17.9 Å². The summed E-state index contributed by atoms with van der Waals surface area (Å²) in [5.41, 5.74) is 2.11. The fourth-order valence-electron chi connectivity index (χ4n) is 1.16. The summed E-state index contributed by atoms with van der Waals surface area (Å²) >= 11 is 1.62. The summed E-state index contributed by atoms with van der Waals surface area (Å²) in [4.78, 5) is 5.29. The van der Waals surface area contributed by atoms with Crippen molar-refractivity contribution in [3.05, 3.63) is 47.6 Å². The van der Waals surface area contributed by atoms with Gasteiger partial charge in [0.15, 0.2) is 0 Å². The van der Waals surface area contributed by atoms with Crippen molar-refractivity contribution in [2.24, 2.45) is 0 Å². The standard InChI is InChI=1S/C12H8NS/c1-2-5-11-8-10(9-14-11)12-6-3-4-7-13-12/h3-4,6-9H,1H2. The van der Waals surface area contributed by atoms with Crippen LogP contribution in [0.1, 0.15) is 4.88 Å². The molecule has 2 aromatic heterocycles. The van der Waals surface area contributed by atoms with Crippen LogP contribution in [0.5, 0.6) is 0 Å². The zero-order chi connectivity index (χ0) is 9.80. The second-order valence-electron chi connectivity index (χ2n) is 2.72. The molecule has 0 amide bonds. The number of hydrogen-bond acceptors (Lipinski definition) is 2. The number of thiophene rings is 1.